The predicted octanol–water partition coefficient (Wildman–Crippen LogP) is 1.37. The lowest BCUT2D eigenvalue weighted by Gasteiger charge is -1.93. The Labute approximate surface area is 92.6 Å². The molecule has 5 nitrogen and oxygen atoms in total. The molecule has 0 aliphatic carbocycles. The Kier molecular flexibility index (Phi) is 3.04. The van der Waals surface area contributed by atoms with E-state index >= 15 is 0 Å². The Balaban J connectivity index is 2.18. The molecule has 0 fully saturated rings. The van der Waals surface area contributed by atoms with Gasteiger partial charge in [0.05, 0.1) is 6.07 Å². The van der Waals surface area contributed by atoms with Crippen LogP contribution in [0.25, 0.3) is 12.2 Å². The summed E-state index contributed by atoms with van der Waals surface area (Å²) in [4.78, 5) is 0. The molecule has 0 spiro atoms. The van der Waals surface area contributed by atoms with Gasteiger partial charge in [0.1, 0.15) is 6.54 Å². The van der Waals surface area contributed by atoms with Gasteiger partial charge < -0.3 is 0 Å². The van der Waals surface area contributed by atoms with Crippen LogP contribution in [0.2, 0.25) is 0 Å². The summed E-state index contributed by atoms with van der Waals surface area (Å²) in [6.45, 7) is 0.154. The lowest BCUT2D eigenvalue weighted by atomic mass is 10.2. The lowest BCUT2D eigenvalue weighted by Crippen LogP contribution is -2.00. The molecule has 2 rings (SSSR count). The zero-order valence-corrected chi connectivity index (χ0v) is 8.48. The first kappa shape index (κ1) is 10.1. The van der Waals surface area contributed by atoms with Crippen LogP contribution in [0.3, 0.4) is 0 Å². The smallest absolute Gasteiger partial charge is 0.175 e. The zero-order valence-electron chi connectivity index (χ0n) is 8.48. The summed E-state index contributed by atoms with van der Waals surface area (Å²) in [6.07, 6.45) is 3.69. The number of hydrogen-bond acceptors (Lipinski definition) is 4. The number of hydrogen-bond donors (Lipinski definition) is 0. The normalized spacial score (nSPS) is 10.4. The van der Waals surface area contributed by atoms with E-state index in [1.807, 2.05) is 42.5 Å². The average molecular weight is 211 g/mol. The number of benzene rings is 1. The topological polar surface area (TPSA) is 67.4 Å². The quantitative estimate of drug-likeness (QED) is 0.768. The molecule has 1 aromatic heterocycles. The monoisotopic (exact) mass is 211 g/mol. The second-order valence-corrected chi connectivity index (χ2v) is 3.10. The summed E-state index contributed by atoms with van der Waals surface area (Å²) in [5.74, 6) is 0.574. The van der Waals surface area contributed by atoms with Gasteiger partial charge in [-0.25, -0.2) is 4.68 Å². The van der Waals surface area contributed by atoms with Crippen LogP contribution >= 0.6 is 0 Å². The molecule has 2 aromatic rings. The molecule has 16 heavy (non-hydrogen) atoms. The van der Waals surface area contributed by atoms with E-state index in [2.05, 4.69) is 15.5 Å². The molecule has 0 atom stereocenters. The SMILES string of the molecule is N#CCn1nnnc1/C=C/c1ccccc1. The molecule has 0 N–H and O–H groups in total. The van der Waals surface area contributed by atoms with Gasteiger partial charge in [0.2, 0.25) is 0 Å². The highest BCUT2D eigenvalue weighted by Crippen LogP contribution is 2.04. The van der Waals surface area contributed by atoms with E-state index in [9.17, 15) is 0 Å². The van der Waals surface area contributed by atoms with E-state index in [-0.39, 0.29) is 6.54 Å². The third kappa shape index (κ3) is 2.30. The van der Waals surface area contributed by atoms with Crippen molar-refractivity contribution in [1.29, 1.82) is 5.26 Å². The average Bonchev–Trinajstić information content (AvgIpc) is 2.76. The Morgan fingerprint density at radius 3 is 2.81 bits per heavy atom. The van der Waals surface area contributed by atoms with Crippen molar-refractivity contribution < 1.29 is 0 Å². The first-order chi connectivity index (χ1) is 7.90. The first-order valence-corrected chi connectivity index (χ1v) is 4.76. The number of nitrogens with zero attached hydrogens (tertiary/aromatic N) is 5. The highest BCUT2D eigenvalue weighted by Gasteiger charge is 2.00. The predicted molar refractivity (Wildman–Crippen MR) is 58.8 cm³/mol. The molecular formula is C11H9N5. The van der Waals surface area contributed by atoms with Gasteiger partial charge in [-0.3, -0.25) is 0 Å². The first-order valence-electron chi connectivity index (χ1n) is 4.76. The second-order valence-electron chi connectivity index (χ2n) is 3.10. The number of rotatable bonds is 3. The summed E-state index contributed by atoms with van der Waals surface area (Å²) in [5.41, 5.74) is 1.06. The minimum Gasteiger partial charge on any atom is -0.212 e. The summed E-state index contributed by atoms with van der Waals surface area (Å²) in [6, 6.07) is 11.8. The lowest BCUT2D eigenvalue weighted by molar-refractivity contribution is 0.662. The van der Waals surface area contributed by atoms with Crippen LogP contribution < -0.4 is 0 Å². The van der Waals surface area contributed by atoms with Gasteiger partial charge in [0, 0.05) is 0 Å². The van der Waals surface area contributed by atoms with Gasteiger partial charge in [0.25, 0.3) is 0 Å². The molecule has 0 saturated carbocycles. The Morgan fingerprint density at radius 1 is 1.25 bits per heavy atom. The molecule has 0 bridgehead atoms. The van der Waals surface area contributed by atoms with Crippen LogP contribution in [0.5, 0.6) is 0 Å². The largest absolute Gasteiger partial charge is 0.212 e. The molecule has 0 unspecified atom stereocenters. The summed E-state index contributed by atoms with van der Waals surface area (Å²) < 4.78 is 1.44. The Morgan fingerprint density at radius 2 is 2.06 bits per heavy atom. The van der Waals surface area contributed by atoms with Crippen molar-refractivity contribution >= 4 is 12.2 Å². The van der Waals surface area contributed by atoms with Gasteiger partial charge >= 0.3 is 0 Å². The van der Waals surface area contributed by atoms with Crippen LogP contribution in [0.1, 0.15) is 11.4 Å². The minimum absolute atomic E-state index is 0.154. The van der Waals surface area contributed by atoms with Crippen LogP contribution in [0.15, 0.2) is 30.3 Å². The van der Waals surface area contributed by atoms with Gasteiger partial charge in [-0.15, -0.1) is 5.10 Å². The Bertz CT molecular complexity index is 521. The number of tetrazole rings is 1. The zero-order chi connectivity index (χ0) is 11.2. The highest BCUT2D eigenvalue weighted by atomic mass is 15.5. The molecule has 0 aliphatic heterocycles. The molecule has 1 aromatic carbocycles. The van der Waals surface area contributed by atoms with E-state index in [4.69, 9.17) is 5.26 Å². The van der Waals surface area contributed by atoms with Crippen LogP contribution in [-0.2, 0) is 6.54 Å². The van der Waals surface area contributed by atoms with Crippen molar-refractivity contribution in [3.8, 4) is 6.07 Å². The molecule has 78 valence electrons. The fraction of sp³-hybridized carbons (Fsp3) is 0.0909. The van der Waals surface area contributed by atoms with Crippen molar-refractivity contribution in [2.24, 2.45) is 0 Å². The summed E-state index contributed by atoms with van der Waals surface area (Å²) in [5, 5.41) is 19.6. The van der Waals surface area contributed by atoms with E-state index in [1.165, 1.54) is 4.68 Å². The van der Waals surface area contributed by atoms with Crippen molar-refractivity contribution in [2.45, 2.75) is 6.54 Å². The third-order valence-electron chi connectivity index (χ3n) is 2.00. The van der Waals surface area contributed by atoms with Crippen molar-refractivity contribution in [3.63, 3.8) is 0 Å². The molecule has 0 radical (unpaired) electrons. The van der Waals surface area contributed by atoms with E-state index in [0.29, 0.717) is 5.82 Å². The van der Waals surface area contributed by atoms with Crippen molar-refractivity contribution in [3.05, 3.63) is 41.7 Å². The standard InChI is InChI=1S/C11H9N5/c12-8-9-16-11(13-14-15-16)7-6-10-4-2-1-3-5-10/h1-7H,9H2/b7-6+. The number of nitriles is 1. The fourth-order valence-electron chi connectivity index (χ4n) is 1.25. The molecule has 0 saturated heterocycles. The van der Waals surface area contributed by atoms with Crippen LogP contribution in [-0.4, -0.2) is 20.2 Å². The third-order valence-corrected chi connectivity index (χ3v) is 2.00. The van der Waals surface area contributed by atoms with Crippen molar-refractivity contribution in [2.75, 3.05) is 0 Å². The molecule has 0 amide bonds. The molecular weight excluding hydrogens is 202 g/mol. The number of aromatic nitrogens is 4. The van der Waals surface area contributed by atoms with E-state index in [1.54, 1.807) is 6.08 Å². The second kappa shape index (κ2) is 4.84. The summed E-state index contributed by atoms with van der Waals surface area (Å²) in [7, 11) is 0. The maximum Gasteiger partial charge on any atom is 0.175 e. The van der Waals surface area contributed by atoms with Gasteiger partial charge in [-0.05, 0) is 22.1 Å². The van der Waals surface area contributed by atoms with Gasteiger partial charge in [-0.1, -0.05) is 36.4 Å². The van der Waals surface area contributed by atoms with Crippen LogP contribution in [0, 0.1) is 11.3 Å². The molecule has 1 heterocycles. The highest BCUT2D eigenvalue weighted by molar-refractivity contribution is 5.66. The van der Waals surface area contributed by atoms with Gasteiger partial charge in [-0.2, -0.15) is 5.26 Å². The van der Waals surface area contributed by atoms with Crippen molar-refractivity contribution in [1.82, 2.24) is 20.2 Å². The molecule has 0 aliphatic rings. The maximum absolute atomic E-state index is 8.56. The molecule has 5 heteroatoms. The summed E-state index contributed by atoms with van der Waals surface area (Å²) >= 11 is 0. The fourth-order valence-corrected chi connectivity index (χ4v) is 1.25. The van der Waals surface area contributed by atoms with E-state index < -0.39 is 0 Å². The maximum atomic E-state index is 8.56. The van der Waals surface area contributed by atoms with Gasteiger partial charge in [0.15, 0.2) is 5.82 Å². The van der Waals surface area contributed by atoms with E-state index in [0.717, 1.165) is 5.56 Å². The minimum atomic E-state index is 0.154. The Hall–Kier alpha value is -2.48. The van der Waals surface area contributed by atoms with Crippen LogP contribution in [0.4, 0.5) is 0 Å².